The van der Waals surface area contributed by atoms with Crippen LogP contribution < -0.4 is 5.84 Å². The number of carbonyl (C=O) groups is 1. The molecule has 1 aliphatic rings. The van der Waals surface area contributed by atoms with E-state index in [2.05, 4.69) is 17.7 Å². The smallest absolute Gasteiger partial charge is 0.282 e. The van der Waals surface area contributed by atoms with Crippen molar-refractivity contribution in [1.29, 1.82) is 0 Å². The number of amides is 1. The van der Waals surface area contributed by atoms with E-state index in [4.69, 9.17) is 5.84 Å². The molecule has 134 valence electrons. The number of hydrogen-bond acceptors (Lipinski definition) is 5. The minimum Gasteiger partial charge on any atom is -0.282 e. The molecule has 1 amide bonds. The molecule has 0 spiro atoms. The summed E-state index contributed by atoms with van der Waals surface area (Å²) in [5.74, 6) is 6.26. The van der Waals surface area contributed by atoms with Crippen LogP contribution in [0.3, 0.4) is 0 Å². The van der Waals surface area contributed by atoms with Crippen molar-refractivity contribution in [3.63, 3.8) is 0 Å². The fraction of sp³-hybridized carbons (Fsp3) is 0.0526. The van der Waals surface area contributed by atoms with Crippen molar-refractivity contribution in [2.24, 2.45) is 10.9 Å². The Morgan fingerprint density at radius 1 is 1.08 bits per heavy atom. The molecule has 3 aromatic carbocycles. The number of rotatable bonds is 2. The molecule has 3 aromatic rings. The Labute approximate surface area is 168 Å². The number of thiol groups is 1. The molecule has 0 saturated carbocycles. The molecule has 1 aliphatic heterocycles. The molecule has 0 fully saturated rings. The van der Waals surface area contributed by atoms with Gasteiger partial charge in [0.05, 0.1) is 0 Å². The average Bonchev–Trinajstić information content (AvgIpc) is 3.41. The zero-order valence-corrected chi connectivity index (χ0v) is 15.8. The number of hydrogen-bond donors (Lipinski definition) is 2. The van der Waals surface area contributed by atoms with Crippen LogP contribution in [-0.2, 0) is 17.1 Å². The van der Waals surface area contributed by atoms with E-state index < -0.39 is 5.50 Å². The van der Waals surface area contributed by atoms with E-state index in [9.17, 15) is 4.79 Å². The van der Waals surface area contributed by atoms with Crippen LogP contribution in [0.25, 0.3) is 0 Å². The first-order valence-electron chi connectivity index (χ1n) is 7.76. The number of benzene rings is 1. The fourth-order valence-electron chi connectivity index (χ4n) is 2.35. The van der Waals surface area contributed by atoms with Crippen LogP contribution in [0.5, 0.6) is 0 Å². The monoisotopic (exact) mass is 406 g/mol. The van der Waals surface area contributed by atoms with E-state index in [1.54, 1.807) is 24.3 Å². The molecule has 1 unspecified atom stereocenters. The molecule has 0 radical (unpaired) electrons. The maximum absolute atomic E-state index is 12.3. The Hall–Kier alpha value is -2.31. The van der Waals surface area contributed by atoms with Gasteiger partial charge in [0.1, 0.15) is 0 Å². The molecular formula is C19H18FeN4OS. The van der Waals surface area contributed by atoms with Crippen LogP contribution >= 0.6 is 12.6 Å². The summed E-state index contributed by atoms with van der Waals surface area (Å²) in [5, 5.41) is 6.95. The Bertz CT molecular complexity index is 801. The number of carbonyl (C=O) groups excluding carboxylic acids is 1. The van der Waals surface area contributed by atoms with Crippen LogP contribution in [0.2, 0.25) is 0 Å². The standard InChI is InChI=1S/C14H13N4OS.C5H5.Fe/c15-17-12(10-6-2-1-3-7-10)16-18(14(17)20)13(19)11-8-4-5-9-11;1-2-4-5-3-1;/h1-9,14,20H,15H2;1-5H;/q2*-1;+2. The van der Waals surface area contributed by atoms with Crippen molar-refractivity contribution in [1.82, 2.24) is 10.0 Å². The topological polar surface area (TPSA) is 61.9 Å². The van der Waals surface area contributed by atoms with Gasteiger partial charge < -0.3 is 0 Å². The van der Waals surface area contributed by atoms with Gasteiger partial charge in [0.25, 0.3) is 0 Å². The van der Waals surface area contributed by atoms with Crippen molar-refractivity contribution in [2.75, 3.05) is 0 Å². The molecule has 0 saturated heterocycles. The maximum Gasteiger partial charge on any atom is 2.00 e. The second-order valence-electron chi connectivity index (χ2n) is 5.33. The van der Waals surface area contributed by atoms with Gasteiger partial charge >= 0.3 is 17.1 Å². The fourth-order valence-corrected chi connectivity index (χ4v) is 2.61. The van der Waals surface area contributed by atoms with Crippen molar-refractivity contribution in [2.45, 2.75) is 5.50 Å². The molecule has 1 atom stereocenters. The molecule has 0 aliphatic carbocycles. The molecule has 2 N–H and O–H groups in total. The first kappa shape index (κ1) is 20.0. The van der Waals surface area contributed by atoms with E-state index in [0.717, 1.165) is 5.56 Å². The van der Waals surface area contributed by atoms with Gasteiger partial charge in [-0.25, -0.2) is 35.1 Å². The number of hydrazine groups is 1. The van der Waals surface area contributed by atoms with Crippen LogP contribution in [0.15, 0.2) is 90.0 Å². The Morgan fingerprint density at radius 2 is 1.69 bits per heavy atom. The quantitative estimate of drug-likeness (QED) is 0.298. The SMILES string of the molecule is NN1C(c2ccccc2)=NN(C(=O)[c-]2cccc2)C1S.[Fe+2].c1cc[cH-]c1. The molecule has 0 bridgehead atoms. The van der Waals surface area contributed by atoms with Crippen LogP contribution in [0, 0.1) is 0 Å². The van der Waals surface area contributed by atoms with Crippen molar-refractivity contribution >= 4 is 24.4 Å². The number of hydrazone groups is 1. The molecule has 26 heavy (non-hydrogen) atoms. The van der Waals surface area contributed by atoms with Gasteiger partial charge in [-0.2, -0.15) is 30.3 Å². The predicted molar refractivity (Wildman–Crippen MR) is 102 cm³/mol. The van der Waals surface area contributed by atoms with Crippen molar-refractivity contribution < 1.29 is 21.9 Å². The minimum atomic E-state index is -0.618. The van der Waals surface area contributed by atoms with E-state index >= 15 is 0 Å². The third-order valence-corrected chi connectivity index (χ3v) is 4.09. The molecular weight excluding hydrogens is 388 g/mol. The van der Waals surface area contributed by atoms with Crippen LogP contribution in [-0.4, -0.2) is 27.3 Å². The molecule has 7 heteroatoms. The zero-order valence-electron chi connectivity index (χ0n) is 13.8. The van der Waals surface area contributed by atoms with Gasteiger partial charge in [-0.15, -0.1) is 17.7 Å². The summed E-state index contributed by atoms with van der Waals surface area (Å²) in [6.45, 7) is 0. The summed E-state index contributed by atoms with van der Waals surface area (Å²) in [5.41, 5.74) is 0.787. The van der Waals surface area contributed by atoms with Gasteiger partial charge in [-0.1, -0.05) is 35.9 Å². The minimum absolute atomic E-state index is 0. The summed E-state index contributed by atoms with van der Waals surface area (Å²) in [4.78, 5) is 12.3. The van der Waals surface area contributed by atoms with Gasteiger partial charge in [-0.05, 0) is 0 Å². The maximum atomic E-state index is 12.3. The second kappa shape index (κ2) is 9.40. The molecule has 0 aromatic heterocycles. The summed E-state index contributed by atoms with van der Waals surface area (Å²) in [6.07, 6.45) is 0. The second-order valence-corrected chi connectivity index (χ2v) is 5.79. The van der Waals surface area contributed by atoms with Gasteiger partial charge in [0.15, 0.2) is 11.3 Å². The van der Waals surface area contributed by atoms with E-state index in [-0.39, 0.29) is 23.0 Å². The van der Waals surface area contributed by atoms with Gasteiger partial charge in [0.2, 0.25) is 5.91 Å². The first-order valence-corrected chi connectivity index (χ1v) is 8.28. The van der Waals surface area contributed by atoms with Gasteiger partial charge in [-0.3, -0.25) is 9.80 Å². The predicted octanol–water partition coefficient (Wildman–Crippen LogP) is 3.02. The van der Waals surface area contributed by atoms with Crippen LogP contribution in [0.4, 0.5) is 0 Å². The number of nitrogens with zero attached hydrogens (tertiary/aromatic N) is 3. The summed E-state index contributed by atoms with van der Waals surface area (Å²) in [7, 11) is 0. The average molecular weight is 406 g/mol. The van der Waals surface area contributed by atoms with Crippen molar-refractivity contribution in [3.05, 3.63) is 96.1 Å². The van der Waals surface area contributed by atoms with Crippen LogP contribution in [0.1, 0.15) is 15.9 Å². The van der Waals surface area contributed by atoms with E-state index in [0.29, 0.717) is 11.4 Å². The van der Waals surface area contributed by atoms with E-state index in [1.165, 1.54) is 10.0 Å². The third-order valence-electron chi connectivity index (χ3n) is 3.62. The Morgan fingerprint density at radius 3 is 2.23 bits per heavy atom. The normalized spacial score (nSPS) is 15.6. The third kappa shape index (κ3) is 4.45. The van der Waals surface area contributed by atoms with Crippen molar-refractivity contribution in [3.8, 4) is 0 Å². The summed E-state index contributed by atoms with van der Waals surface area (Å²) >= 11 is 4.35. The molecule has 4 rings (SSSR count). The Balaban J connectivity index is 0.000000351. The van der Waals surface area contributed by atoms with Gasteiger partial charge in [0, 0.05) is 5.56 Å². The summed E-state index contributed by atoms with van der Waals surface area (Å²) < 4.78 is 0. The first-order chi connectivity index (χ1) is 12.2. The van der Waals surface area contributed by atoms with E-state index in [1.807, 2.05) is 60.7 Å². The molecule has 1 heterocycles. The number of nitrogens with two attached hydrogens (primary N) is 1. The molecule has 5 nitrogen and oxygen atoms in total. The zero-order chi connectivity index (χ0) is 17.6. The summed E-state index contributed by atoms with van der Waals surface area (Å²) in [6, 6.07) is 26.5. The Kier molecular flexibility index (Phi) is 7.24. The largest absolute Gasteiger partial charge is 2.00 e. The number of amidine groups is 1.